The summed E-state index contributed by atoms with van der Waals surface area (Å²) in [5.74, 6) is -0.459. The summed E-state index contributed by atoms with van der Waals surface area (Å²) in [6.07, 6.45) is 0.485. The van der Waals surface area contributed by atoms with Gasteiger partial charge in [-0.1, -0.05) is 13.0 Å². The van der Waals surface area contributed by atoms with E-state index in [0.717, 1.165) is 11.3 Å². The van der Waals surface area contributed by atoms with E-state index in [9.17, 15) is 22.0 Å². The fourth-order valence-electron chi connectivity index (χ4n) is 2.67. The lowest BCUT2D eigenvalue weighted by molar-refractivity contribution is -0.0498. The van der Waals surface area contributed by atoms with Gasteiger partial charge in [-0.25, -0.2) is 13.8 Å². The fraction of sp³-hybridized carbons (Fsp3) is 0.143. The van der Waals surface area contributed by atoms with E-state index < -0.39 is 22.5 Å². The normalized spacial score (nSPS) is 11.9. The highest BCUT2D eigenvalue weighted by Gasteiger charge is 2.15. The number of sulfonamides is 1. The number of carbonyl (C=O) groups is 1. The predicted octanol–water partition coefficient (Wildman–Crippen LogP) is 4.69. The molecule has 0 aliphatic heterocycles. The van der Waals surface area contributed by atoms with Crippen LogP contribution in [0.5, 0.6) is 5.75 Å². The molecule has 0 bridgehead atoms. The number of hydrogen-bond donors (Lipinski definition) is 2. The summed E-state index contributed by atoms with van der Waals surface area (Å²) in [6.45, 7) is -1.07. The number of nitrogens with zero attached hydrogens (tertiary/aromatic N) is 1. The summed E-state index contributed by atoms with van der Waals surface area (Å²) < 4.78 is 56.0. The highest BCUT2D eigenvalue weighted by Crippen LogP contribution is 2.20. The smallest absolute Gasteiger partial charge is 0.387 e. The summed E-state index contributed by atoms with van der Waals surface area (Å²) in [5.41, 5.74) is 4.24. The van der Waals surface area contributed by atoms with Crippen molar-refractivity contribution < 1.29 is 26.7 Å². The SMILES string of the molecule is CCC(=NNC(=O)c1ccc(NS(=O)(=O)c2cccs2)cc1)c1ccc(OC(F)F)cc1. The predicted molar refractivity (Wildman–Crippen MR) is 119 cm³/mol. The van der Waals surface area contributed by atoms with Crippen molar-refractivity contribution in [2.24, 2.45) is 5.10 Å². The van der Waals surface area contributed by atoms with Crippen LogP contribution in [0.25, 0.3) is 0 Å². The maximum Gasteiger partial charge on any atom is 0.387 e. The zero-order valence-corrected chi connectivity index (χ0v) is 18.4. The first-order valence-electron chi connectivity index (χ1n) is 9.37. The van der Waals surface area contributed by atoms with Gasteiger partial charge in [0.25, 0.3) is 15.9 Å². The van der Waals surface area contributed by atoms with Gasteiger partial charge >= 0.3 is 6.61 Å². The first-order valence-corrected chi connectivity index (χ1v) is 11.7. The highest BCUT2D eigenvalue weighted by atomic mass is 32.2. The van der Waals surface area contributed by atoms with Crippen LogP contribution in [-0.2, 0) is 10.0 Å². The average molecular weight is 480 g/mol. The second-order valence-corrected chi connectivity index (χ2v) is 9.23. The van der Waals surface area contributed by atoms with Crippen molar-refractivity contribution in [1.82, 2.24) is 5.43 Å². The second-order valence-electron chi connectivity index (χ2n) is 6.37. The Balaban J connectivity index is 1.65. The molecule has 0 fully saturated rings. The number of thiophene rings is 1. The van der Waals surface area contributed by atoms with E-state index in [1.807, 2.05) is 6.92 Å². The van der Waals surface area contributed by atoms with Gasteiger partial charge in [-0.2, -0.15) is 13.9 Å². The number of alkyl halides is 2. The Morgan fingerprint density at radius 2 is 1.72 bits per heavy atom. The number of amides is 1. The van der Waals surface area contributed by atoms with Crippen LogP contribution in [-0.4, -0.2) is 26.6 Å². The molecular formula is C21H19F2N3O4S2. The largest absolute Gasteiger partial charge is 0.435 e. The van der Waals surface area contributed by atoms with Gasteiger partial charge in [0.1, 0.15) is 9.96 Å². The van der Waals surface area contributed by atoms with Gasteiger partial charge in [-0.3, -0.25) is 9.52 Å². The Kier molecular flexibility index (Phi) is 7.54. The lowest BCUT2D eigenvalue weighted by atomic mass is 10.1. The molecule has 1 heterocycles. The molecule has 0 radical (unpaired) electrons. The first-order chi connectivity index (χ1) is 15.3. The van der Waals surface area contributed by atoms with Crippen molar-refractivity contribution in [3.05, 3.63) is 77.2 Å². The molecule has 3 rings (SSSR count). The van der Waals surface area contributed by atoms with Crippen molar-refractivity contribution >= 4 is 38.7 Å². The van der Waals surface area contributed by atoms with Crippen LogP contribution in [0.2, 0.25) is 0 Å². The van der Waals surface area contributed by atoms with Crippen molar-refractivity contribution in [2.75, 3.05) is 4.72 Å². The van der Waals surface area contributed by atoms with Gasteiger partial charge in [0.15, 0.2) is 0 Å². The first kappa shape index (κ1) is 23.4. The number of halogens is 2. The molecule has 11 heteroatoms. The molecule has 1 aromatic heterocycles. The van der Waals surface area contributed by atoms with Crippen LogP contribution >= 0.6 is 11.3 Å². The molecule has 168 valence electrons. The number of benzene rings is 2. The van der Waals surface area contributed by atoms with Gasteiger partial charge in [0, 0.05) is 11.3 Å². The number of hydrogen-bond acceptors (Lipinski definition) is 6. The molecule has 0 atom stereocenters. The van der Waals surface area contributed by atoms with Crippen LogP contribution in [0.3, 0.4) is 0 Å². The molecule has 0 aliphatic carbocycles. The second kappa shape index (κ2) is 10.3. The van der Waals surface area contributed by atoms with Gasteiger partial charge in [-0.05, 0) is 72.0 Å². The summed E-state index contributed by atoms with van der Waals surface area (Å²) in [5, 5.41) is 5.78. The van der Waals surface area contributed by atoms with Crippen LogP contribution in [0.15, 0.2) is 75.4 Å². The average Bonchev–Trinajstić information content (AvgIpc) is 3.31. The maximum atomic E-state index is 12.4. The Morgan fingerprint density at radius 3 is 2.28 bits per heavy atom. The number of rotatable bonds is 9. The van der Waals surface area contributed by atoms with Gasteiger partial charge in [0.05, 0.1) is 5.71 Å². The molecule has 0 saturated heterocycles. The third kappa shape index (κ3) is 6.11. The van der Waals surface area contributed by atoms with Crippen LogP contribution in [0, 0.1) is 0 Å². The number of ether oxygens (including phenoxy) is 1. The van der Waals surface area contributed by atoms with Crippen molar-refractivity contribution in [3.63, 3.8) is 0 Å². The number of anilines is 1. The number of nitrogens with one attached hydrogen (secondary N) is 2. The van der Waals surface area contributed by atoms with Crippen molar-refractivity contribution in [3.8, 4) is 5.75 Å². The monoisotopic (exact) mass is 479 g/mol. The summed E-state index contributed by atoms with van der Waals surface area (Å²) in [7, 11) is -3.67. The lowest BCUT2D eigenvalue weighted by Gasteiger charge is -2.09. The van der Waals surface area contributed by atoms with E-state index in [2.05, 4.69) is 20.0 Å². The molecule has 0 saturated carbocycles. The van der Waals surface area contributed by atoms with E-state index >= 15 is 0 Å². The van der Waals surface area contributed by atoms with Crippen molar-refractivity contribution in [1.29, 1.82) is 0 Å². The molecule has 1 amide bonds. The van der Waals surface area contributed by atoms with E-state index in [1.165, 1.54) is 42.5 Å². The van der Waals surface area contributed by atoms with E-state index in [1.54, 1.807) is 23.6 Å². The van der Waals surface area contributed by atoms with Gasteiger partial charge in [0.2, 0.25) is 0 Å². The molecule has 2 aromatic carbocycles. The van der Waals surface area contributed by atoms with E-state index in [4.69, 9.17) is 0 Å². The molecular weight excluding hydrogens is 460 g/mol. The maximum absolute atomic E-state index is 12.4. The number of carbonyl (C=O) groups excluding carboxylic acids is 1. The van der Waals surface area contributed by atoms with Crippen molar-refractivity contribution in [2.45, 2.75) is 24.2 Å². The number of hydrazone groups is 1. The van der Waals surface area contributed by atoms with E-state index in [0.29, 0.717) is 23.4 Å². The molecule has 0 spiro atoms. The molecule has 32 heavy (non-hydrogen) atoms. The zero-order valence-electron chi connectivity index (χ0n) is 16.8. The molecule has 0 unspecified atom stereocenters. The summed E-state index contributed by atoms with van der Waals surface area (Å²) in [4.78, 5) is 12.4. The van der Waals surface area contributed by atoms with E-state index in [-0.39, 0.29) is 15.5 Å². The van der Waals surface area contributed by atoms with Crippen LogP contribution < -0.4 is 14.9 Å². The van der Waals surface area contributed by atoms with Gasteiger partial charge < -0.3 is 4.74 Å². The standard InChI is InChI=1S/C21H19F2N3O4S2/c1-2-18(14-7-11-17(12-8-14)30-21(22)23)24-25-20(27)15-5-9-16(10-6-15)26-32(28,29)19-4-3-13-31-19/h3-13,21,26H,2H2,1H3,(H,25,27). The third-order valence-corrected chi connectivity index (χ3v) is 6.98. The molecule has 0 aliphatic rings. The zero-order chi connectivity index (χ0) is 23.1. The minimum Gasteiger partial charge on any atom is -0.435 e. The molecule has 7 nitrogen and oxygen atoms in total. The minimum absolute atomic E-state index is 0.0260. The Labute approximate surface area is 187 Å². The minimum atomic E-state index is -3.67. The Bertz CT molecular complexity index is 1180. The summed E-state index contributed by atoms with van der Waals surface area (Å²) in [6, 6.07) is 15.0. The van der Waals surface area contributed by atoms with Crippen LogP contribution in [0.4, 0.5) is 14.5 Å². The Morgan fingerprint density at radius 1 is 1.06 bits per heavy atom. The topological polar surface area (TPSA) is 96.9 Å². The summed E-state index contributed by atoms with van der Waals surface area (Å²) >= 11 is 1.10. The molecule has 2 N–H and O–H groups in total. The van der Waals surface area contributed by atoms with Crippen LogP contribution in [0.1, 0.15) is 29.3 Å². The Hall–Kier alpha value is -3.31. The molecule has 3 aromatic rings. The lowest BCUT2D eigenvalue weighted by Crippen LogP contribution is -2.20. The highest BCUT2D eigenvalue weighted by molar-refractivity contribution is 7.94. The third-order valence-electron chi connectivity index (χ3n) is 4.20. The van der Waals surface area contributed by atoms with Gasteiger partial charge in [-0.15, -0.1) is 11.3 Å². The quantitative estimate of drug-likeness (QED) is 0.344. The fourth-order valence-corrected chi connectivity index (χ4v) is 4.72.